The van der Waals surface area contributed by atoms with Crippen LogP contribution in [0.1, 0.15) is 27.9 Å². The van der Waals surface area contributed by atoms with E-state index in [0.29, 0.717) is 32.7 Å². The van der Waals surface area contributed by atoms with Gasteiger partial charge in [0.2, 0.25) is 0 Å². The van der Waals surface area contributed by atoms with E-state index in [4.69, 9.17) is 39.5 Å². The predicted molar refractivity (Wildman–Crippen MR) is 121 cm³/mol. The summed E-state index contributed by atoms with van der Waals surface area (Å²) in [6.45, 7) is 5.16. The number of carbonyl (C=O) groups excluding carboxylic acids is 1. The summed E-state index contributed by atoms with van der Waals surface area (Å²) in [5.74, 6) is -0.0636. The quantitative estimate of drug-likeness (QED) is 0.459. The number of ether oxygens (including phenoxy) is 1. The van der Waals surface area contributed by atoms with Gasteiger partial charge in [-0.1, -0.05) is 59.1 Å². The van der Waals surface area contributed by atoms with Crippen LogP contribution in [0.15, 0.2) is 36.4 Å². The van der Waals surface area contributed by atoms with Gasteiger partial charge in [-0.3, -0.25) is 9.69 Å². The molecule has 1 fully saturated rings. The largest absolute Gasteiger partial charge is 0.379 e. The van der Waals surface area contributed by atoms with Crippen molar-refractivity contribution in [1.82, 2.24) is 10.2 Å². The number of hydrogen-bond acceptors (Lipinski definition) is 3. The monoisotopic (exact) mass is 452 g/mol. The molecule has 4 nitrogen and oxygen atoms in total. The topological polar surface area (TPSA) is 41.6 Å². The number of benzene rings is 2. The van der Waals surface area contributed by atoms with Crippen molar-refractivity contribution in [3.63, 3.8) is 0 Å². The van der Waals surface area contributed by atoms with Gasteiger partial charge in [0.15, 0.2) is 0 Å². The predicted octanol–water partition coefficient (Wildman–Crippen LogP) is 5.27. The van der Waals surface area contributed by atoms with Gasteiger partial charge in [-0.2, -0.15) is 0 Å². The van der Waals surface area contributed by atoms with Crippen molar-refractivity contribution >= 4 is 52.9 Å². The zero-order valence-electron chi connectivity index (χ0n) is 16.0. The second-order valence-corrected chi connectivity index (χ2v) is 8.05. The van der Waals surface area contributed by atoms with Gasteiger partial charge >= 0.3 is 0 Å². The van der Waals surface area contributed by atoms with Crippen LogP contribution in [0.2, 0.25) is 15.1 Å². The molecule has 1 aliphatic heterocycles. The van der Waals surface area contributed by atoms with E-state index in [-0.39, 0.29) is 5.91 Å². The Bertz CT molecular complexity index is 840. The molecule has 7 heteroatoms. The first-order valence-corrected chi connectivity index (χ1v) is 10.7. The lowest BCUT2D eigenvalue weighted by Crippen LogP contribution is -2.38. The zero-order chi connectivity index (χ0) is 20.6. The fourth-order valence-electron chi connectivity index (χ4n) is 3.07. The van der Waals surface area contributed by atoms with E-state index in [1.165, 1.54) is 0 Å². The summed E-state index contributed by atoms with van der Waals surface area (Å²) in [7, 11) is 0. The lowest BCUT2D eigenvalue weighted by Gasteiger charge is -2.26. The Labute approximate surface area is 186 Å². The summed E-state index contributed by atoms with van der Waals surface area (Å²) in [4.78, 5) is 14.7. The minimum atomic E-state index is -0.0636. The first-order chi connectivity index (χ1) is 14.0. The fourth-order valence-corrected chi connectivity index (χ4v) is 4.01. The van der Waals surface area contributed by atoms with Crippen LogP contribution >= 0.6 is 34.8 Å². The van der Waals surface area contributed by atoms with E-state index in [1.807, 2.05) is 36.4 Å². The van der Waals surface area contributed by atoms with Crippen molar-refractivity contribution in [3.8, 4) is 0 Å². The number of rotatable bonds is 7. The molecule has 1 saturated heterocycles. The maximum absolute atomic E-state index is 12.3. The van der Waals surface area contributed by atoms with E-state index in [1.54, 1.807) is 12.1 Å². The van der Waals surface area contributed by atoms with E-state index in [9.17, 15) is 4.79 Å². The number of morpholine rings is 1. The molecule has 0 spiro atoms. The van der Waals surface area contributed by atoms with Crippen LogP contribution in [0, 0.1) is 0 Å². The summed E-state index contributed by atoms with van der Waals surface area (Å²) in [6, 6.07) is 10.7. The summed E-state index contributed by atoms with van der Waals surface area (Å²) < 4.78 is 5.34. The van der Waals surface area contributed by atoms with Crippen LogP contribution in [0.4, 0.5) is 0 Å². The normalized spacial score (nSPS) is 15.0. The lowest BCUT2D eigenvalue weighted by atomic mass is 10.1. The Morgan fingerprint density at radius 2 is 1.69 bits per heavy atom. The molecule has 1 heterocycles. The van der Waals surface area contributed by atoms with Gasteiger partial charge in [0, 0.05) is 35.8 Å². The number of carbonyl (C=O) groups is 1. The molecule has 0 bridgehead atoms. The van der Waals surface area contributed by atoms with Crippen LogP contribution in [-0.4, -0.2) is 50.2 Å². The van der Waals surface area contributed by atoms with Gasteiger partial charge in [0.25, 0.3) is 5.91 Å². The van der Waals surface area contributed by atoms with Crippen LogP contribution in [0.3, 0.4) is 0 Å². The Morgan fingerprint density at radius 1 is 1.03 bits per heavy atom. The van der Waals surface area contributed by atoms with Crippen molar-refractivity contribution in [2.45, 2.75) is 6.42 Å². The molecule has 154 valence electrons. The Morgan fingerprint density at radius 3 is 2.34 bits per heavy atom. The summed E-state index contributed by atoms with van der Waals surface area (Å²) in [6.07, 6.45) is 4.65. The third-order valence-electron chi connectivity index (χ3n) is 4.70. The van der Waals surface area contributed by atoms with Crippen LogP contribution in [0.5, 0.6) is 0 Å². The highest BCUT2D eigenvalue weighted by molar-refractivity contribution is 6.40. The molecule has 1 aliphatic rings. The SMILES string of the molecule is O=C(NCCCN1CCOCC1)c1ccc(/C=C/c2c(Cl)cc(Cl)cc2Cl)cc1. The first-order valence-electron chi connectivity index (χ1n) is 9.54. The van der Waals surface area contributed by atoms with Gasteiger partial charge in [0.1, 0.15) is 0 Å². The van der Waals surface area contributed by atoms with Gasteiger partial charge in [-0.15, -0.1) is 0 Å². The Balaban J connectivity index is 1.49. The van der Waals surface area contributed by atoms with Gasteiger partial charge in [-0.05, 0) is 42.8 Å². The maximum atomic E-state index is 12.3. The molecule has 0 radical (unpaired) electrons. The lowest BCUT2D eigenvalue weighted by molar-refractivity contribution is 0.0374. The zero-order valence-corrected chi connectivity index (χ0v) is 18.2. The Kier molecular flexibility index (Phi) is 8.40. The number of halogens is 3. The van der Waals surface area contributed by atoms with Gasteiger partial charge in [0.05, 0.1) is 23.3 Å². The van der Waals surface area contributed by atoms with Crippen molar-refractivity contribution in [2.24, 2.45) is 0 Å². The number of nitrogens with one attached hydrogen (secondary N) is 1. The molecule has 3 rings (SSSR count). The van der Waals surface area contributed by atoms with E-state index in [2.05, 4.69) is 10.2 Å². The van der Waals surface area contributed by atoms with Gasteiger partial charge < -0.3 is 10.1 Å². The molecule has 0 atom stereocenters. The third kappa shape index (κ3) is 6.73. The average Bonchev–Trinajstić information content (AvgIpc) is 2.71. The van der Waals surface area contributed by atoms with Crippen molar-refractivity contribution in [2.75, 3.05) is 39.4 Å². The number of amides is 1. The van der Waals surface area contributed by atoms with Crippen molar-refractivity contribution in [1.29, 1.82) is 0 Å². The summed E-state index contributed by atoms with van der Waals surface area (Å²) in [5.41, 5.74) is 2.28. The molecular formula is C22H23Cl3N2O2. The first kappa shape index (κ1) is 22.1. The summed E-state index contributed by atoms with van der Waals surface area (Å²) >= 11 is 18.3. The molecule has 1 amide bonds. The summed E-state index contributed by atoms with van der Waals surface area (Å²) in [5, 5.41) is 4.46. The highest BCUT2D eigenvalue weighted by atomic mass is 35.5. The molecular weight excluding hydrogens is 431 g/mol. The molecule has 1 N–H and O–H groups in total. The smallest absolute Gasteiger partial charge is 0.251 e. The number of nitrogens with zero attached hydrogens (tertiary/aromatic N) is 1. The number of hydrogen-bond donors (Lipinski definition) is 1. The second-order valence-electron chi connectivity index (χ2n) is 6.80. The molecule has 0 saturated carbocycles. The standard InChI is InChI=1S/C22H23Cl3N2O2/c23-18-14-20(24)19(21(25)15-18)7-4-16-2-5-17(6-3-16)22(28)26-8-1-9-27-10-12-29-13-11-27/h2-7,14-15H,1,8-13H2,(H,26,28)/b7-4+. The minimum absolute atomic E-state index is 0.0636. The van der Waals surface area contributed by atoms with Crippen molar-refractivity contribution in [3.05, 3.63) is 68.2 Å². The van der Waals surface area contributed by atoms with E-state index < -0.39 is 0 Å². The van der Waals surface area contributed by atoms with Crippen LogP contribution in [0.25, 0.3) is 12.2 Å². The van der Waals surface area contributed by atoms with Gasteiger partial charge in [-0.25, -0.2) is 0 Å². The second kappa shape index (κ2) is 11.0. The third-order valence-corrected chi connectivity index (χ3v) is 5.54. The van der Waals surface area contributed by atoms with E-state index in [0.717, 1.165) is 44.8 Å². The molecule has 2 aromatic rings. The average molecular weight is 454 g/mol. The van der Waals surface area contributed by atoms with Crippen LogP contribution < -0.4 is 5.32 Å². The highest BCUT2D eigenvalue weighted by Gasteiger charge is 2.10. The minimum Gasteiger partial charge on any atom is -0.379 e. The molecule has 29 heavy (non-hydrogen) atoms. The van der Waals surface area contributed by atoms with Crippen molar-refractivity contribution < 1.29 is 9.53 Å². The molecule has 0 unspecified atom stereocenters. The van der Waals surface area contributed by atoms with Crippen LogP contribution in [-0.2, 0) is 4.74 Å². The molecule has 2 aromatic carbocycles. The molecule has 0 aliphatic carbocycles. The maximum Gasteiger partial charge on any atom is 0.251 e. The highest BCUT2D eigenvalue weighted by Crippen LogP contribution is 2.30. The molecule has 0 aromatic heterocycles. The Hall–Kier alpha value is -1.56. The fraction of sp³-hybridized carbons (Fsp3) is 0.318. The van der Waals surface area contributed by atoms with E-state index >= 15 is 0 Å².